The van der Waals surface area contributed by atoms with Crippen molar-refractivity contribution in [1.29, 1.82) is 5.26 Å². The molecule has 1 aromatic carbocycles. The molecule has 0 fully saturated rings. The van der Waals surface area contributed by atoms with Gasteiger partial charge in [-0.05, 0) is 36.5 Å². The second kappa shape index (κ2) is 11.4. The lowest BCUT2D eigenvalue weighted by Crippen LogP contribution is -2.41. The van der Waals surface area contributed by atoms with Crippen molar-refractivity contribution in [3.8, 4) is 6.07 Å². The molecule has 0 aliphatic carbocycles. The highest BCUT2D eigenvalue weighted by Gasteiger charge is 2.21. The summed E-state index contributed by atoms with van der Waals surface area (Å²) < 4.78 is 0. The fraction of sp³-hybridized carbons (Fsp3) is 0.353. The summed E-state index contributed by atoms with van der Waals surface area (Å²) >= 11 is 7.54. The van der Waals surface area contributed by atoms with E-state index in [1.54, 1.807) is 12.1 Å². The van der Waals surface area contributed by atoms with Crippen LogP contribution in [0.25, 0.3) is 0 Å². The van der Waals surface area contributed by atoms with Crippen molar-refractivity contribution >= 4 is 35.2 Å². The van der Waals surface area contributed by atoms with E-state index in [1.165, 1.54) is 18.0 Å². The number of hydrogen-bond acceptors (Lipinski definition) is 5. The molecule has 0 aliphatic rings. The average Bonchev–Trinajstić information content (AvgIpc) is 2.59. The van der Waals surface area contributed by atoms with Crippen LogP contribution >= 0.6 is 23.4 Å². The summed E-state index contributed by atoms with van der Waals surface area (Å²) in [6, 6.07) is 8.17. The largest absolute Gasteiger partial charge is 0.480 e. The zero-order valence-electron chi connectivity index (χ0n) is 13.8. The standard InChI is InChI=1S/C17H20ClN3O3S/c1-25-9-7-15(17(23)24)21-16(22)13(10-19)11-20-8-6-12-4-2-3-5-14(12)18/h2-5,11,15,20H,6-9H2,1H3,(H,21,22)(H,23,24)/b13-11-. The number of halogens is 1. The van der Waals surface area contributed by atoms with Gasteiger partial charge in [0.1, 0.15) is 17.7 Å². The van der Waals surface area contributed by atoms with E-state index in [0.29, 0.717) is 30.2 Å². The number of rotatable bonds is 10. The molecule has 1 rings (SSSR count). The quantitative estimate of drug-likeness (QED) is 0.326. The van der Waals surface area contributed by atoms with E-state index in [-0.39, 0.29) is 5.57 Å². The lowest BCUT2D eigenvalue weighted by atomic mass is 10.1. The van der Waals surface area contributed by atoms with Gasteiger partial charge in [-0.1, -0.05) is 29.8 Å². The van der Waals surface area contributed by atoms with Crippen LogP contribution in [0.1, 0.15) is 12.0 Å². The molecule has 1 unspecified atom stereocenters. The van der Waals surface area contributed by atoms with E-state index < -0.39 is 17.9 Å². The summed E-state index contributed by atoms with van der Waals surface area (Å²) in [5, 5.41) is 24.1. The van der Waals surface area contributed by atoms with Crippen molar-refractivity contribution < 1.29 is 14.7 Å². The Balaban J connectivity index is 2.57. The van der Waals surface area contributed by atoms with Gasteiger partial charge in [-0.15, -0.1) is 0 Å². The third-order valence-electron chi connectivity index (χ3n) is 3.32. The third kappa shape index (κ3) is 7.50. The van der Waals surface area contributed by atoms with Crippen LogP contribution in [-0.4, -0.2) is 41.6 Å². The fourth-order valence-corrected chi connectivity index (χ4v) is 2.66. The van der Waals surface area contributed by atoms with E-state index in [0.717, 1.165) is 5.56 Å². The number of carboxylic acid groups (broad SMARTS) is 1. The Morgan fingerprint density at radius 1 is 1.44 bits per heavy atom. The van der Waals surface area contributed by atoms with Crippen LogP contribution in [0.15, 0.2) is 36.0 Å². The summed E-state index contributed by atoms with van der Waals surface area (Å²) in [5.74, 6) is -1.23. The minimum absolute atomic E-state index is 0.172. The van der Waals surface area contributed by atoms with Gasteiger partial charge in [-0.3, -0.25) is 4.79 Å². The molecule has 3 N–H and O–H groups in total. The van der Waals surface area contributed by atoms with E-state index >= 15 is 0 Å². The van der Waals surface area contributed by atoms with Crippen molar-refractivity contribution in [1.82, 2.24) is 10.6 Å². The van der Waals surface area contributed by atoms with E-state index in [4.69, 9.17) is 22.0 Å². The Morgan fingerprint density at radius 3 is 2.76 bits per heavy atom. The summed E-state index contributed by atoms with van der Waals surface area (Å²) in [6.45, 7) is 0.483. The van der Waals surface area contributed by atoms with Crippen molar-refractivity contribution in [2.24, 2.45) is 0 Å². The van der Waals surface area contributed by atoms with Gasteiger partial charge in [0.05, 0.1) is 0 Å². The van der Waals surface area contributed by atoms with Gasteiger partial charge in [0.25, 0.3) is 5.91 Å². The van der Waals surface area contributed by atoms with Crippen LogP contribution in [0.4, 0.5) is 0 Å². The lowest BCUT2D eigenvalue weighted by Gasteiger charge is -2.13. The first-order valence-corrected chi connectivity index (χ1v) is 9.36. The molecule has 1 amide bonds. The van der Waals surface area contributed by atoms with Gasteiger partial charge >= 0.3 is 5.97 Å². The Hall–Kier alpha value is -2.17. The molecule has 6 nitrogen and oxygen atoms in total. The molecule has 0 saturated heterocycles. The molecular formula is C17H20ClN3O3S. The molecule has 0 bridgehead atoms. The molecule has 0 aliphatic heterocycles. The zero-order valence-corrected chi connectivity index (χ0v) is 15.4. The van der Waals surface area contributed by atoms with Gasteiger partial charge in [-0.25, -0.2) is 4.79 Å². The number of carbonyl (C=O) groups is 2. The Morgan fingerprint density at radius 2 is 2.16 bits per heavy atom. The van der Waals surface area contributed by atoms with Crippen LogP contribution in [0.3, 0.4) is 0 Å². The minimum Gasteiger partial charge on any atom is -0.480 e. The van der Waals surface area contributed by atoms with Crippen molar-refractivity contribution in [2.75, 3.05) is 18.6 Å². The van der Waals surface area contributed by atoms with Gasteiger partial charge in [0, 0.05) is 17.8 Å². The second-order valence-corrected chi connectivity index (χ2v) is 6.50. The molecule has 134 valence electrons. The molecular weight excluding hydrogens is 362 g/mol. The Bertz CT molecular complexity index is 673. The molecule has 1 atom stereocenters. The molecule has 0 aromatic heterocycles. The summed E-state index contributed by atoms with van der Waals surface area (Å²) in [6.07, 6.45) is 4.06. The van der Waals surface area contributed by atoms with E-state index in [2.05, 4.69) is 10.6 Å². The van der Waals surface area contributed by atoms with Crippen LogP contribution in [-0.2, 0) is 16.0 Å². The first-order chi connectivity index (χ1) is 12.0. The number of thioether (sulfide) groups is 1. The first-order valence-electron chi connectivity index (χ1n) is 7.59. The number of amides is 1. The van der Waals surface area contributed by atoms with E-state index in [1.807, 2.05) is 24.5 Å². The normalized spacial score (nSPS) is 12.1. The van der Waals surface area contributed by atoms with E-state index in [9.17, 15) is 9.59 Å². The lowest BCUT2D eigenvalue weighted by molar-refractivity contribution is -0.141. The predicted molar refractivity (Wildman–Crippen MR) is 99.4 cm³/mol. The number of hydrogen-bond donors (Lipinski definition) is 3. The van der Waals surface area contributed by atoms with Crippen molar-refractivity contribution in [3.05, 3.63) is 46.6 Å². The number of benzene rings is 1. The maximum Gasteiger partial charge on any atom is 0.326 e. The molecule has 1 aromatic rings. The maximum absolute atomic E-state index is 12.0. The smallest absolute Gasteiger partial charge is 0.326 e. The Kier molecular flexibility index (Phi) is 9.51. The van der Waals surface area contributed by atoms with Crippen LogP contribution < -0.4 is 10.6 Å². The van der Waals surface area contributed by atoms with Crippen molar-refractivity contribution in [2.45, 2.75) is 18.9 Å². The monoisotopic (exact) mass is 381 g/mol. The van der Waals surface area contributed by atoms with Crippen molar-refractivity contribution in [3.63, 3.8) is 0 Å². The fourth-order valence-electron chi connectivity index (χ4n) is 1.96. The summed E-state index contributed by atoms with van der Waals surface area (Å²) in [7, 11) is 0. The third-order valence-corrected chi connectivity index (χ3v) is 4.33. The van der Waals surface area contributed by atoms with Gasteiger partial charge < -0.3 is 15.7 Å². The SMILES string of the molecule is CSCCC(NC(=O)/C(C#N)=C\NCCc1ccccc1Cl)C(=O)O. The number of carbonyl (C=O) groups excluding carboxylic acids is 1. The maximum atomic E-state index is 12.0. The van der Waals surface area contributed by atoms with Crippen LogP contribution in [0, 0.1) is 11.3 Å². The first kappa shape index (κ1) is 20.9. The molecule has 0 heterocycles. The Labute approximate surface area is 156 Å². The van der Waals surface area contributed by atoms with Crippen LogP contribution in [0.2, 0.25) is 5.02 Å². The number of nitrogens with zero attached hydrogens (tertiary/aromatic N) is 1. The zero-order chi connectivity index (χ0) is 18.7. The highest BCUT2D eigenvalue weighted by atomic mass is 35.5. The number of nitrogens with one attached hydrogen (secondary N) is 2. The number of nitriles is 1. The number of carboxylic acids is 1. The highest BCUT2D eigenvalue weighted by molar-refractivity contribution is 7.98. The van der Waals surface area contributed by atoms with Gasteiger partial charge in [-0.2, -0.15) is 17.0 Å². The molecule has 8 heteroatoms. The predicted octanol–water partition coefficient (Wildman–Crippen LogP) is 2.20. The average molecular weight is 382 g/mol. The van der Waals surface area contributed by atoms with Gasteiger partial charge in [0.2, 0.25) is 0 Å². The minimum atomic E-state index is -1.12. The number of aliphatic carboxylic acids is 1. The highest BCUT2D eigenvalue weighted by Crippen LogP contribution is 2.14. The van der Waals surface area contributed by atoms with Crippen LogP contribution in [0.5, 0.6) is 0 Å². The molecule has 0 radical (unpaired) electrons. The van der Waals surface area contributed by atoms with Gasteiger partial charge in [0.15, 0.2) is 0 Å². The molecule has 25 heavy (non-hydrogen) atoms. The molecule has 0 saturated carbocycles. The summed E-state index contributed by atoms with van der Waals surface area (Å²) in [5.41, 5.74) is 0.783. The summed E-state index contributed by atoms with van der Waals surface area (Å²) in [4.78, 5) is 23.2. The molecule has 0 spiro atoms. The second-order valence-electron chi connectivity index (χ2n) is 5.11. The topological polar surface area (TPSA) is 102 Å².